The van der Waals surface area contributed by atoms with Crippen LogP contribution in [-0.2, 0) is 23.8 Å². The second kappa shape index (κ2) is 9.45. The highest BCUT2D eigenvalue weighted by molar-refractivity contribution is 5.90. The molecule has 9 nitrogen and oxygen atoms in total. The highest BCUT2D eigenvalue weighted by Crippen LogP contribution is 2.87. The number of ether oxygens (including phenoxy) is 3. The van der Waals surface area contributed by atoms with Crippen molar-refractivity contribution in [1.82, 2.24) is 0 Å². The third-order valence-corrected chi connectivity index (χ3v) is 14.4. The number of aliphatic hydroxyl groups excluding tert-OH is 4. The standard InChI is InChI=1S/C35H52O9/c1-17(12-18(36)28-31(4,5)44-28)25-19(37)13-32(6)22-9-8-21-30(2,3)24(43-29-27(41)26(40)20(38)15-42-29)10-11-34(21)16-35(22,34)23(39)14-33(25,32)7/h9,17,20-21,23-29,38-41H,8,10-16H2,1-7H3/t17-,20+,21-,23-,24-,25-,26+,27+,28+,29+,32-,33+,34+,35-/m1/s1. The van der Waals surface area contributed by atoms with E-state index in [1.807, 2.05) is 20.8 Å². The highest BCUT2D eigenvalue weighted by atomic mass is 16.7. The lowest BCUT2D eigenvalue weighted by molar-refractivity contribution is -0.301. The van der Waals surface area contributed by atoms with Gasteiger partial charge in [0.15, 0.2) is 12.1 Å². The Balaban J connectivity index is 1.15. The van der Waals surface area contributed by atoms with E-state index in [2.05, 4.69) is 33.8 Å². The summed E-state index contributed by atoms with van der Waals surface area (Å²) in [7, 11) is 0. The topological polar surface area (TPSA) is 146 Å². The lowest BCUT2D eigenvalue weighted by atomic mass is 9.44. The number of epoxide rings is 1. The quantitative estimate of drug-likeness (QED) is 0.261. The minimum absolute atomic E-state index is 0.0687. The summed E-state index contributed by atoms with van der Waals surface area (Å²) < 4.78 is 17.6. The van der Waals surface area contributed by atoms with E-state index in [4.69, 9.17) is 14.2 Å². The van der Waals surface area contributed by atoms with Crippen LogP contribution in [0.3, 0.4) is 0 Å². The van der Waals surface area contributed by atoms with Crippen LogP contribution in [0.5, 0.6) is 0 Å². The fraction of sp³-hybridized carbons (Fsp3) is 0.886. The van der Waals surface area contributed by atoms with Gasteiger partial charge in [0.1, 0.15) is 30.2 Å². The second-order valence-corrected chi connectivity index (χ2v) is 17.3. The fourth-order valence-corrected chi connectivity index (χ4v) is 11.9. The largest absolute Gasteiger partial charge is 0.392 e. The van der Waals surface area contributed by atoms with Crippen LogP contribution in [0.25, 0.3) is 0 Å². The zero-order valence-electron chi connectivity index (χ0n) is 27.3. The van der Waals surface area contributed by atoms with Crippen LogP contribution in [0.1, 0.15) is 93.4 Å². The van der Waals surface area contributed by atoms with Crippen molar-refractivity contribution in [3.8, 4) is 0 Å². The molecule has 0 amide bonds. The molecule has 2 spiro atoms. The molecule has 0 unspecified atom stereocenters. The molecule has 0 bridgehead atoms. The predicted molar refractivity (Wildman–Crippen MR) is 159 cm³/mol. The van der Waals surface area contributed by atoms with Crippen molar-refractivity contribution in [1.29, 1.82) is 0 Å². The van der Waals surface area contributed by atoms with Crippen molar-refractivity contribution in [3.05, 3.63) is 11.6 Å². The average molecular weight is 617 g/mol. The summed E-state index contributed by atoms with van der Waals surface area (Å²) in [6, 6.07) is 0. The van der Waals surface area contributed by atoms with E-state index in [1.165, 1.54) is 5.57 Å². The molecule has 6 fully saturated rings. The molecule has 4 saturated carbocycles. The molecular formula is C35H52O9. The van der Waals surface area contributed by atoms with Crippen LogP contribution in [0.4, 0.5) is 0 Å². The first-order valence-electron chi connectivity index (χ1n) is 16.8. The molecule has 2 saturated heterocycles. The van der Waals surface area contributed by atoms with Crippen LogP contribution < -0.4 is 0 Å². The molecule has 44 heavy (non-hydrogen) atoms. The maximum absolute atomic E-state index is 13.9. The zero-order chi connectivity index (χ0) is 32.0. The first kappa shape index (κ1) is 31.4. The highest BCUT2D eigenvalue weighted by Gasteiger charge is 2.84. The van der Waals surface area contributed by atoms with Crippen molar-refractivity contribution in [2.24, 2.45) is 44.8 Å². The molecule has 4 N–H and O–H groups in total. The van der Waals surface area contributed by atoms with Crippen LogP contribution in [0.15, 0.2) is 11.6 Å². The molecule has 0 aromatic carbocycles. The van der Waals surface area contributed by atoms with Gasteiger partial charge in [-0.1, -0.05) is 46.3 Å². The Labute approximate surface area is 260 Å². The Morgan fingerprint density at radius 2 is 1.77 bits per heavy atom. The van der Waals surface area contributed by atoms with E-state index in [1.54, 1.807) is 0 Å². The zero-order valence-corrected chi connectivity index (χ0v) is 27.3. The molecule has 2 heterocycles. The van der Waals surface area contributed by atoms with Crippen molar-refractivity contribution < 1.29 is 44.2 Å². The van der Waals surface area contributed by atoms with Crippen LogP contribution >= 0.6 is 0 Å². The van der Waals surface area contributed by atoms with Crippen molar-refractivity contribution in [3.63, 3.8) is 0 Å². The number of Topliss-reactive ketones (excluding diaryl/α,β-unsaturated/α-hetero) is 2. The van der Waals surface area contributed by atoms with Crippen LogP contribution in [-0.4, -0.2) is 87.1 Å². The lowest BCUT2D eigenvalue weighted by Gasteiger charge is -2.61. The summed E-state index contributed by atoms with van der Waals surface area (Å²) >= 11 is 0. The number of fused-ring (bicyclic) bond motifs is 2. The van der Waals surface area contributed by atoms with Gasteiger partial charge in [-0.2, -0.15) is 0 Å². The van der Waals surface area contributed by atoms with E-state index in [9.17, 15) is 30.0 Å². The summed E-state index contributed by atoms with van der Waals surface area (Å²) in [5.74, 6) is 0.0812. The van der Waals surface area contributed by atoms with E-state index >= 15 is 0 Å². The third kappa shape index (κ3) is 3.84. The summed E-state index contributed by atoms with van der Waals surface area (Å²) in [5.41, 5.74) is -0.761. The van der Waals surface area contributed by atoms with Gasteiger partial charge in [-0.05, 0) is 74.0 Å². The van der Waals surface area contributed by atoms with Crippen LogP contribution in [0.2, 0.25) is 0 Å². The van der Waals surface area contributed by atoms with E-state index in [0.29, 0.717) is 19.3 Å². The number of hydrogen-bond acceptors (Lipinski definition) is 9. The Morgan fingerprint density at radius 1 is 1.09 bits per heavy atom. The van der Waals surface area contributed by atoms with Gasteiger partial charge < -0.3 is 34.6 Å². The van der Waals surface area contributed by atoms with Gasteiger partial charge in [0.05, 0.1) is 24.4 Å². The summed E-state index contributed by atoms with van der Waals surface area (Å²) in [6.45, 7) is 14.6. The first-order valence-corrected chi connectivity index (χ1v) is 16.8. The van der Waals surface area contributed by atoms with E-state index < -0.39 is 47.8 Å². The van der Waals surface area contributed by atoms with Gasteiger partial charge in [0.2, 0.25) is 0 Å². The van der Waals surface area contributed by atoms with Gasteiger partial charge in [-0.15, -0.1) is 0 Å². The third-order valence-electron chi connectivity index (χ3n) is 14.4. The SMILES string of the molecule is C[C@H](CC(=O)[C@@H]1OC1(C)C)[C@@H]1C(=O)C[C@]2(C)C3=CC[C@@H]4C(C)(C)[C@H](O[C@@H]5OC[C@H](O)[C@H](O)[C@@H]5O)CC[C@]45C[C@]35[C@H](O)C[C@@]12C. The summed E-state index contributed by atoms with van der Waals surface area (Å²) in [5, 5.41) is 42.9. The minimum atomic E-state index is -1.33. The monoisotopic (exact) mass is 616 g/mol. The fourth-order valence-electron chi connectivity index (χ4n) is 11.9. The van der Waals surface area contributed by atoms with Gasteiger partial charge >= 0.3 is 0 Å². The molecule has 5 aliphatic carbocycles. The Hall–Kier alpha value is -1.20. The molecule has 14 atom stereocenters. The number of rotatable bonds is 6. The van der Waals surface area contributed by atoms with Crippen LogP contribution in [0, 0.1) is 44.8 Å². The molecule has 246 valence electrons. The number of hydrogen-bond donors (Lipinski definition) is 4. The lowest BCUT2D eigenvalue weighted by Crippen LogP contribution is -2.59. The summed E-state index contributed by atoms with van der Waals surface area (Å²) in [4.78, 5) is 27.0. The molecule has 0 radical (unpaired) electrons. The predicted octanol–water partition coefficient (Wildman–Crippen LogP) is 3.09. The van der Waals surface area contributed by atoms with E-state index in [-0.39, 0.29) is 63.7 Å². The molecule has 0 aromatic heterocycles. The number of ketones is 2. The molecule has 9 heteroatoms. The van der Waals surface area contributed by atoms with Crippen molar-refractivity contribution in [2.75, 3.05) is 6.61 Å². The molecule has 0 aromatic rings. The van der Waals surface area contributed by atoms with Crippen molar-refractivity contribution in [2.45, 2.75) is 142 Å². The van der Waals surface area contributed by atoms with Gasteiger partial charge in [0.25, 0.3) is 0 Å². The Morgan fingerprint density at radius 3 is 2.43 bits per heavy atom. The molecule has 2 aliphatic heterocycles. The molecule has 7 rings (SSSR count). The number of allylic oxidation sites excluding steroid dienone is 1. The molecular weight excluding hydrogens is 564 g/mol. The smallest absolute Gasteiger partial charge is 0.186 e. The number of aliphatic hydroxyl groups is 4. The van der Waals surface area contributed by atoms with Gasteiger partial charge in [-0.25, -0.2) is 0 Å². The van der Waals surface area contributed by atoms with Gasteiger partial charge in [0, 0.05) is 29.6 Å². The normalized spacial score (nSPS) is 53.8. The van der Waals surface area contributed by atoms with Gasteiger partial charge in [-0.3, -0.25) is 9.59 Å². The Kier molecular flexibility index (Phi) is 6.75. The maximum atomic E-state index is 13.9. The van der Waals surface area contributed by atoms with Crippen molar-refractivity contribution >= 4 is 11.6 Å². The average Bonchev–Trinajstić information content (AvgIpc) is 3.78. The summed E-state index contributed by atoms with van der Waals surface area (Å²) in [6.07, 6.45) is 0.934. The Bertz CT molecular complexity index is 1290. The number of carbonyl (C=O) groups is 2. The molecule has 7 aliphatic rings. The minimum Gasteiger partial charge on any atom is -0.392 e. The number of carbonyl (C=O) groups excluding carboxylic acids is 2. The second-order valence-electron chi connectivity index (χ2n) is 17.3. The first-order chi connectivity index (χ1) is 20.4. The van der Waals surface area contributed by atoms with E-state index in [0.717, 1.165) is 25.7 Å². The maximum Gasteiger partial charge on any atom is 0.186 e.